The Labute approximate surface area is 185 Å². The van der Waals surface area contributed by atoms with Gasteiger partial charge in [-0.1, -0.05) is 90.9 Å². The van der Waals surface area contributed by atoms with Gasteiger partial charge in [-0.3, -0.25) is 9.59 Å². The number of esters is 1. The maximum absolute atomic E-state index is 12.7. The molecule has 4 heteroatoms. The van der Waals surface area contributed by atoms with Crippen molar-refractivity contribution >= 4 is 11.9 Å². The van der Waals surface area contributed by atoms with Gasteiger partial charge in [0.2, 0.25) is 0 Å². The first-order chi connectivity index (χ1) is 14.6. The van der Waals surface area contributed by atoms with Crippen LogP contribution < -0.4 is 0 Å². The summed E-state index contributed by atoms with van der Waals surface area (Å²) in [6, 6.07) is 0. The van der Waals surface area contributed by atoms with Crippen LogP contribution in [0.25, 0.3) is 0 Å². The molecule has 1 fully saturated rings. The van der Waals surface area contributed by atoms with Crippen LogP contribution in [0.4, 0.5) is 0 Å². The molecule has 3 atom stereocenters. The smallest absolute Gasteiger partial charge is 0.309 e. The zero-order valence-corrected chi connectivity index (χ0v) is 19.8. The summed E-state index contributed by atoms with van der Waals surface area (Å²) >= 11 is 0. The lowest BCUT2D eigenvalue weighted by molar-refractivity contribution is -0.158. The highest BCUT2D eigenvalue weighted by atomic mass is 16.5. The summed E-state index contributed by atoms with van der Waals surface area (Å²) in [5.74, 6) is -1.51. The second-order valence-electron chi connectivity index (χ2n) is 9.42. The van der Waals surface area contributed by atoms with E-state index >= 15 is 0 Å². The third kappa shape index (κ3) is 12.6. The summed E-state index contributed by atoms with van der Waals surface area (Å²) < 4.78 is 5.92. The Morgan fingerprint density at radius 3 is 1.80 bits per heavy atom. The van der Waals surface area contributed by atoms with Crippen molar-refractivity contribution in [2.24, 2.45) is 11.8 Å². The highest BCUT2D eigenvalue weighted by molar-refractivity contribution is 5.75. The van der Waals surface area contributed by atoms with E-state index in [4.69, 9.17) is 4.74 Å². The van der Waals surface area contributed by atoms with Gasteiger partial charge in [-0.15, -0.1) is 0 Å². The van der Waals surface area contributed by atoms with Crippen molar-refractivity contribution in [2.45, 2.75) is 142 Å². The van der Waals surface area contributed by atoms with E-state index in [0.717, 1.165) is 38.5 Å². The lowest BCUT2D eigenvalue weighted by atomic mass is 9.81. The number of hydrogen-bond acceptors (Lipinski definition) is 3. The summed E-state index contributed by atoms with van der Waals surface area (Å²) in [6.45, 7) is 4.45. The van der Waals surface area contributed by atoms with Crippen LogP contribution in [-0.4, -0.2) is 23.1 Å². The van der Waals surface area contributed by atoms with Crippen molar-refractivity contribution in [3.8, 4) is 0 Å². The molecule has 0 aromatic rings. The van der Waals surface area contributed by atoms with Crippen LogP contribution in [0.2, 0.25) is 0 Å². The molecule has 0 spiro atoms. The van der Waals surface area contributed by atoms with Crippen LogP contribution in [-0.2, 0) is 14.3 Å². The van der Waals surface area contributed by atoms with Crippen LogP contribution in [0.15, 0.2) is 0 Å². The minimum atomic E-state index is -0.766. The summed E-state index contributed by atoms with van der Waals surface area (Å²) in [6.07, 6.45) is 21.2. The van der Waals surface area contributed by atoms with E-state index in [0.29, 0.717) is 12.8 Å². The maximum atomic E-state index is 12.7. The SMILES string of the molecule is CCCCCCCCCCCCC(CCCCC)OC(=O)C1CCCC(C(=O)O)C1. The van der Waals surface area contributed by atoms with Gasteiger partial charge >= 0.3 is 11.9 Å². The maximum Gasteiger partial charge on any atom is 0.309 e. The Bertz CT molecular complexity index is 448. The minimum Gasteiger partial charge on any atom is -0.481 e. The highest BCUT2D eigenvalue weighted by Gasteiger charge is 2.32. The predicted molar refractivity (Wildman–Crippen MR) is 124 cm³/mol. The molecular formula is C26H48O4. The van der Waals surface area contributed by atoms with Gasteiger partial charge in [-0.2, -0.15) is 0 Å². The molecule has 1 N–H and O–H groups in total. The highest BCUT2D eigenvalue weighted by Crippen LogP contribution is 2.31. The summed E-state index contributed by atoms with van der Waals surface area (Å²) in [4.78, 5) is 24.0. The van der Waals surface area contributed by atoms with Crippen LogP contribution in [0, 0.1) is 11.8 Å². The fourth-order valence-corrected chi connectivity index (χ4v) is 4.63. The van der Waals surface area contributed by atoms with Gasteiger partial charge in [0.1, 0.15) is 6.10 Å². The van der Waals surface area contributed by atoms with Crippen molar-refractivity contribution in [2.75, 3.05) is 0 Å². The first-order valence-electron chi connectivity index (χ1n) is 13.0. The number of carbonyl (C=O) groups is 2. The standard InChI is InChI=1S/C26H48O4/c1-3-5-7-8-9-10-11-12-13-15-20-24(19-14-6-4-2)30-26(29)23-18-16-17-22(21-23)25(27)28/h22-24H,3-21H2,1-2H3,(H,27,28). The average molecular weight is 425 g/mol. The van der Waals surface area contributed by atoms with Gasteiger partial charge in [0.05, 0.1) is 11.8 Å². The third-order valence-corrected chi connectivity index (χ3v) is 6.65. The quantitative estimate of drug-likeness (QED) is 0.181. The molecule has 0 aliphatic heterocycles. The van der Waals surface area contributed by atoms with E-state index in [9.17, 15) is 14.7 Å². The van der Waals surface area contributed by atoms with Crippen molar-refractivity contribution < 1.29 is 19.4 Å². The molecule has 0 amide bonds. The number of rotatable bonds is 18. The topological polar surface area (TPSA) is 63.6 Å². The van der Waals surface area contributed by atoms with Gasteiger partial charge < -0.3 is 9.84 Å². The zero-order valence-electron chi connectivity index (χ0n) is 19.8. The van der Waals surface area contributed by atoms with E-state index in [1.165, 1.54) is 70.6 Å². The number of carbonyl (C=O) groups excluding carboxylic acids is 1. The molecule has 4 nitrogen and oxygen atoms in total. The molecule has 0 radical (unpaired) electrons. The Kier molecular flexibility index (Phi) is 15.8. The average Bonchev–Trinajstić information content (AvgIpc) is 2.75. The Morgan fingerprint density at radius 1 is 0.767 bits per heavy atom. The fraction of sp³-hybridized carbons (Fsp3) is 0.923. The molecule has 3 unspecified atom stereocenters. The minimum absolute atomic E-state index is 0.0169. The van der Waals surface area contributed by atoms with Crippen molar-refractivity contribution in [1.82, 2.24) is 0 Å². The third-order valence-electron chi connectivity index (χ3n) is 6.65. The predicted octanol–water partition coefficient (Wildman–Crippen LogP) is 7.68. The van der Waals surface area contributed by atoms with E-state index in [1.807, 2.05) is 0 Å². The fourth-order valence-electron chi connectivity index (χ4n) is 4.63. The number of unbranched alkanes of at least 4 members (excludes halogenated alkanes) is 11. The molecule has 0 heterocycles. The molecule has 1 aliphatic rings. The Morgan fingerprint density at radius 2 is 1.23 bits per heavy atom. The van der Waals surface area contributed by atoms with Gasteiger partial charge in [0, 0.05) is 0 Å². The molecule has 30 heavy (non-hydrogen) atoms. The van der Waals surface area contributed by atoms with Gasteiger partial charge in [0.25, 0.3) is 0 Å². The molecule has 1 saturated carbocycles. The summed E-state index contributed by atoms with van der Waals surface area (Å²) in [5, 5.41) is 9.27. The molecule has 0 saturated heterocycles. The van der Waals surface area contributed by atoms with E-state index in [-0.39, 0.29) is 23.9 Å². The molecule has 1 aliphatic carbocycles. The van der Waals surface area contributed by atoms with E-state index < -0.39 is 5.97 Å². The second-order valence-corrected chi connectivity index (χ2v) is 9.42. The summed E-state index contributed by atoms with van der Waals surface area (Å²) in [5.41, 5.74) is 0. The largest absolute Gasteiger partial charge is 0.481 e. The van der Waals surface area contributed by atoms with Crippen LogP contribution in [0.3, 0.4) is 0 Å². The van der Waals surface area contributed by atoms with Crippen molar-refractivity contribution in [1.29, 1.82) is 0 Å². The number of ether oxygens (including phenoxy) is 1. The molecular weight excluding hydrogens is 376 g/mol. The monoisotopic (exact) mass is 424 g/mol. The van der Waals surface area contributed by atoms with E-state index in [2.05, 4.69) is 13.8 Å². The Hall–Kier alpha value is -1.06. The van der Waals surface area contributed by atoms with Gasteiger partial charge in [-0.25, -0.2) is 0 Å². The molecule has 0 bridgehead atoms. The molecule has 176 valence electrons. The molecule has 1 rings (SSSR count). The van der Waals surface area contributed by atoms with Gasteiger partial charge in [-0.05, 0) is 44.9 Å². The van der Waals surface area contributed by atoms with Crippen LogP contribution in [0.5, 0.6) is 0 Å². The number of aliphatic carboxylic acids is 1. The lowest BCUT2D eigenvalue weighted by Crippen LogP contribution is -2.31. The van der Waals surface area contributed by atoms with Gasteiger partial charge in [0.15, 0.2) is 0 Å². The molecule has 0 aromatic carbocycles. The van der Waals surface area contributed by atoms with Crippen LogP contribution >= 0.6 is 0 Å². The normalized spacial score (nSPS) is 20.1. The van der Waals surface area contributed by atoms with Crippen molar-refractivity contribution in [3.63, 3.8) is 0 Å². The lowest BCUT2D eigenvalue weighted by Gasteiger charge is -2.27. The van der Waals surface area contributed by atoms with Crippen molar-refractivity contribution in [3.05, 3.63) is 0 Å². The second kappa shape index (κ2) is 17.6. The molecule has 0 aromatic heterocycles. The Balaban J connectivity index is 2.27. The first-order valence-corrected chi connectivity index (χ1v) is 13.0. The number of carboxylic acids is 1. The number of hydrogen-bond donors (Lipinski definition) is 1. The zero-order chi connectivity index (χ0) is 22.0. The summed E-state index contributed by atoms with van der Waals surface area (Å²) in [7, 11) is 0. The van der Waals surface area contributed by atoms with Crippen LogP contribution in [0.1, 0.15) is 136 Å². The number of carboxylic acid groups (broad SMARTS) is 1. The van der Waals surface area contributed by atoms with E-state index in [1.54, 1.807) is 0 Å². The first kappa shape index (κ1) is 27.0.